The fourth-order valence-corrected chi connectivity index (χ4v) is 3.46. The lowest BCUT2D eigenvalue weighted by Crippen LogP contribution is -2.40. The van der Waals surface area contributed by atoms with Gasteiger partial charge in [-0.25, -0.2) is 0 Å². The van der Waals surface area contributed by atoms with Gasteiger partial charge < -0.3 is 20.1 Å². The zero-order valence-electron chi connectivity index (χ0n) is 16.2. The van der Waals surface area contributed by atoms with Crippen LogP contribution in [0, 0.1) is 0 Å². The Morgan fingerprint density at radius 3 is 2.68 bits per heavy atom. The van der Waals surface area contributed by atoms with Crippen LogP contribution in [0.4, 0.5) is 0 Å². The first-order valence-corrected chi connectivity index (χ1v) is 9.77. The van der Waals surface area contributed by atoms with Crippen LogP contribution < -0.4 is 20.1 Å². The molecule has 0 bridgehead atoms. The fourth-order valence-electron chi connectivity index (χ4n) is 3.46. The highest BCUT2D eigenvalue weighted by atomic mass is 127. The van der Waals surface area contributed by atoms with Crippen LogP contribution >= 0.6 is 24.0 Å². The Bertz CT molecular complexity index is 808. The number of halogens is 1. The Balaban J connectivity index is 0.00000225. The Morgan fingerprint density at radius 1 is 1.11 bits per heavy atom. The number of nitrogens with zero attached hydrogens (tertiary/aromatic N) is 1. The van der Waals surface area contributed by atoms with Crippen LogP contribution in [0.1, 0.15) is 42.9 Å². The van der Waals surface area contributed by atoms with Crippen molar-refractivity contribution in [3.8, 4) is 11.5 Å². The molecular weight excluding hydrogens is 465 g/mol. The molecule has 1 heterocycles. The zero-order valence-corrected chi connectivity index (χ0v) is 18.5. The normalized spacial score (nSPS) is 18.8. The molecule has 1 aliphatic carbocycles. The number of hydrogen-bond acceptors (Lipinski definition) is 3. The molecule has 0 radical (unpaired) electrons. The summed E-state index contributed by atoms with van der Waals surface area (Å²) < 4.78 is 11.9. The summed E-state index contributed by atoms with van der Waals surface area (Å²) in [5.74, 6) is 2.72. The van der Waals surface area contributed by atoms with E-state index >= 15 is 0 Å². The first-order valence-electron chi connectivity index (χ1n) is 9.77. The summed E-state index contributed by atoms with van der Waals surface area (Å²) in [6.45, 7) is 1.39. The molecule has 0 amide bonds. The molecule has 1 fully saturated rings. The maximum atomic E-state index is 6.13. The van der Waals surface area contributed by atoms with Crippen LogP contribution in [0.5, 0.6) is 11.5 Å². The number of nitrogens with one attached hydrogen (secondary N) is 2. The zero-order chi connectivity index (χ0) is 18.5. The third kappa shape index (κ3) is 4.90. The molecule has 28 heavy (non-hydrogen) atoms. The summed E-state index contributed by atoms with van der Waals surface area (Å²) in [4.78, 5) is 4.40. The van der Waals surface area contributed by atoms with Crippen LogP contribution in [0.3, 0.4) is 0 Å². The van der Waals surface area contributed by atoms with Gasteiger partial charge in [-0.3, -0.25) is 4.99 Å². The lowest BCUT2D eigenvalue weighted by Gasteiger charge is -2.29. The summed E-state index contributed by atoms with van der Waals surface area (Å²) in [6.07, 6.45) is 4.89. The first kappa shape index (κ1) is 20.8. The van der Waals surface area contributed by atoms with Crippen molar-refractivity contribution in [2.45, 2.75) is 44.4 Å². The highest BCUT2D eigenvalue weighted by Crippen LogP contribution is 2.31. The molecule has 150 valence electrons. The largest absolute Gasteiger partial charge is 0.493 e. The van der Waals surface area contributed by atoms with E-state index in [4.69, 9.17) is 9.47 Å². The first-order chi connectivity index (χ1) is 13.3. The second-order valence-corrected chi connectivity index (χ2v) is 7.08. The van der Waals surface area contributed by atoms with Gasteiger partial charge in [-0.05, 0) is 31.4 Å². The lowest BCUT2D eigenvalue weighted by molar-refractivity contribution is 0.119. The molecule has 1 saturated carbocycles. The molecule has 0 saturated heterocycles. The second kappa shape index (κ2) is 10.0. The van der Waals surface area contributed by atoms with Crippen molar-refractivity contribution < 1.29 is 9.47 Å². The minimum Gasteiger partial charge on any atom is -0.493 e. The van der Waals surface area contributed by atoms with E-state index in [-0.39, 0.29) is 30.0 Å². The van der Waals surface area contributed by atoms with Crippen LogP contribution in [0.2, 0.25) is 0 Å². The van der Waals surface area contributed by atoms with Gasteiger partial charge in [-0.1, -0.05) is 36.4 Å². The van der Waals surface area contributed by atoms with Crippen LogP contribution in [-0.4, -0.2) is 25.7 Å². The molecule has 2 aliphatic rings. The van der Waals surface area contributed by atoms with Crippen molar-refractivity contribution in [2.75, 3.05) is 13.7 Å². The number of ether oxygens (including phenoxy) is 2. The standard InChI is InChI=1S/C22H27N3O2.HI/c1-23-22(25-19-13-14-26-21-12-5-3-10-18(19)21)24-15-16-7-2-4-11-20(16)27-17-8-6-9-17;/h2-5,7,10-12,17,19H,6,8-9,13-15H2,1H3,(H2,23,24,25);1H. The smallest absolute Gasteiger partial charge is 0.191 e. The van der Waals surface area contributed by atoms with Gasteiger partial charge in [0.15, 0.2) is 5.96 Å². The van der Waals surface area contributed by atoms with Gasteiger partial charge in [-0.15, -0.1) is 24.0 Å². The number of fused-ring (bicyclic) bond motifs is 1. The van der Waals surface area contributed by atoms with Crippen LogP contribution in [0.25, 0.3) is 0 Å². The lowest BCUT2D eigenvalue weighted by atomic mass is 9.96. The summed E-state index contributed by atoms with van der Waals surface area (Å²) in [5, 5.41) is 6.96. The third-order valence-corrected chi connectivity index (χ3v) is 5.26. The van der Waals surface area contributed by atoms with Gasteiger partial charge in [0, 0.05) is 31.1 Å². The highest BCUT2D eigenvalue weighted by Gasteiger charge is 2.22. The Labute approximate surface area is 183 Å². The van der Waals surface area contributed by atoms with Crippen molar-refractivity contribution in [3.63, 3.8) is 0 Å². The van der Waals surface area contributed by atoms with Gasteiger partial charge in [0.2, 0.25) is 0 Å². The van der Waals surface area contributed by atoms with E-state index in [9.17, 15) is 0 Å². The predicted octanol–water partition coefficient (Wildman–Crippen LogP) is 4.42. The van der Waals surface area contributed by atoms with E-state index in [0.29, 0.717) is 19.3 Å². The van der Waals surface area contributed by atoms with Crippen molar-refractivity contribution in [3.05, 3.63) is 59.7 Å². The fraction of sp³-hybridized carbons (Fsp3) is 0.409. The van der Waals surface area contributed by atoms with Crippen molar-refractivity contribution in [1.29, 1.82) is 0 Å². The topological polar surface area (TPSA) is 54.9 Å². The van der Waals surface area contributed by atoms with Crippen LogP contribution in [-0.2, 0) is 6.54 Å². The molecule has 2 N–H and O–H groups in total. The van der Waals surface area contributed by atoms with Gasteiger partial charge in [-0.2, -0.15) is 0 Å². The average Bonchev–Trinajstić information content (AvgIpc) is 2.69. The monoisotopic (exact) mass is 493 g/mol. The van der Waals surface area contributed by atoms with E-state index in [0.717, 1.165) is 42.3 Å². The minimum absolute atomic E-state index is 0. The summed E-state index contributed by atoms with van der Waals surface area (Å²) in [7, 11) is 1.80. The van der Waals surface area contributed by atoms with E-state index in [1.807, 2.05) is 24.3 Å². The average molecular weight is 493 g/mol. The van der Waals surface area contributed by atoms with E-state index in [2.05, 4.69) is 39.9 Å². The molecule has 1 atom stereocenters. The molecule has 5 nitrogen and oxygen atoms in total. The third-order valence-electron chi connectivity index (χ3n) is 5.26. The molecule has 2 aromatic rings. The van der Waals surface area contributed by atoms with Crippen molar-refractivity contribution in [2.24, 2.45) is 4.99 Å². The number of para-hydroxylation sites is 2. The molecular formula is C22H28IN3O2. The van der Waals surface area contributed by atoms with E-state index in [1.54, 1.807) is 7.05 Å². The number of rotatable bonds is 5. The van der Waals surface area contributed by atoms with E-state index < -0.39 is 0 Å². The van der Waals surface area contributed by atoms with Gasteiger partial charge in [0.1, 0.15) is 11.5 Å². The number of aliphatic imine (C=N–C) groups is 1. The Morgan fingerprint density at radius 2 is 1.89 bits per heavy atom. The summed E-state index contributed by atoms with van der Waals surface area (Å²) in [6, 6.07) is 16.6. The number of hydrogen-bond donors (Lipinski definition) is 2. The number of benzene rings is 2. The second-order valence-electron chi connectivity index (χ2n) is 7.08. The quantitative estimate of drug-likeness (QED) is 0.368. The molecule has 6 heteroatoms. The summed E-state index contributed by atoms with van der Waals surface area (Å²) >= 11 is 0. The summed E-state index contributed by atoms with van der Waals surface area (Å²) in [5.41, 5.74) is 2.33. The maximum Gasteiger partial charge on any atom is 0.191 e. The molecule has 1 aliphatic heterocycles. The van der Waals surface area contributed by atoms with Gasteiger partial charge in [0.25, 0.3) is 0 Å². The van der Waals surface area contributed by atoms with E-state index in [1.165, 1.54) is 12.0 Å². The molecule has 2 aromatic carbocycles. The molecule has 0 aromatic heterocycles. The predicted molar refractivity (Wildman–Crippen MR) is 123 cm³/mol. The molecule has 4 rings (SSSR count). The van der Waals surface area contributed by atoms with Crippen LogP contribution in [0.15, 0.2) is 53.5 Å². The Hall–Kier alpha value is -1.96. The molecule has 1 unspecified atom stereocenters. The maximum absolute atomic E-state index is 6.13. The Kier molecular flexibility index (Phi) is 7.42. The van der Waals surface area contributed by atoms with Crippen molar-refractivity contribution in [1.82, 2.24) is 10.6 Å². The number of guanidine groups is 1. The SMILES string of the molecule is CN=C(NCc1ccccc1OC1CCC1)NC1CCOc2ccccc21.I. The van der Waals surface area contributed by atoms with Crippen molar-refractivity contribution >= 4 is 29.9 Å². The van der Waals surface area contributed by atoms with Gasteiger partial charge in [0.05, 0.1) is 18.8 Å². The molecule has 0 spiro atoms. The minimum atomic E-state index is 0. The van der Waals surface area contributed by atoms with Gasteiger partial charge >= 0.3 is 0 Å². The highest BCUT2D eigenvalue weighted by molar-refractivity contribution is 14.0.